The molecule has 6 heteroatoms. The monoisotopic (exact) mass is 357 g/mol. The van der Waals surface area contributed by atoms with Crippen molar-refractivity contribution < 1.29 is 23.8 Å². The Labute approximate surface area is 152 Å². The Bertz CT molecular complexity index is 378. The third-order valence-electron chi connectivity index (χ3n) is 4.56. The summed E-state index contributed by atoms with van der Waals surface area (Å²) in [7, 11) is 1.76. The smallest absolute Gasteiger partial charge is 0.220 e. The van der Waals surface area contributed by atoms with Gasteiger partial charge in [0.05, 0.1) is 25.4 Å². The molecule has 0 aromatic rings. The molecular weight excluding hydrogens is 322 g/mol. The van der Waals surface area contributed by atoms with Crippen LogP contribution in [0.25, 0.3) is 0 Å². The van der Waals surface area contributed by atoms with Crippen LogP contribution in [0.3, 0.4) is 0 Å². The summed E-state index contributed by atoms with van der Waals surface area (Å²) in [4.78, 5) is 23.1. The van der Waals surface area contributed by atoms with Crippen molar-refractivity contribution in [1.29, 1.82) is 0 Å². The molecule has 1 N–H and O–H groups in total. The summed E-state index contributed by atoms with van der Waals surface area (Å²) in [5.41, 5.74) is 0. The van der Waals surface area contributed by atoms with Crippen molar-refractivity contribution in [1.82, 2.24) is 5.32 Å². The molecule has 0 aromatic heterocycles. The van der Waals surface area contributed by atoms with Crippen molar-refractivity contribution >= 4 is 11.7 Å². The number of ether oxygens (including phenoxy) is 3. The average Bonchev–Trinajstić information content (AvgIpc) is 2.61. The molecule has 0 aliphatic heterocycles. The second-order valence-electron chi connectivity index (χ2n) is 6.94. The summed E-state index contributed by atoms with van der Waals surface area (Å²) in [6.45, 7) is 5.75. The lowest BCUT2D eigenvalue weighted by molar-refractivity contribution is -0.124. The number of nitrogens with one attached hydrogen (secondary N) is 1. The molecule has 25 heavy (non-hydrogen) atoms. The van der Waals surface area contributed by atoms with E-state index in [9.17, 15) is 9.59 Å². The Balaban J connectivity index is 1.90. The zero-order valence-corrected chi connectivity index (χ0v) is 16.1. The summed E-state index contributed by atoms with van der Waals surface area (Å²) in [6, 6.07) is 0. The van der Waals surface area contributed by atoms with E-state index < -0.39 is 0 Å². The second-order valence-corrected chi connectivity index (χ2v) is 6.94. The number of carbonyl (C=O) groups is 2. The highest BCUT2D eigenvalue weighted by Gasteiger charge is 2.20. The molecule has 0 spiro atoms. The van der Waals surface area contributed by atoms with Gasteiger partial charge < -0.3 is 19.5 Å². The number of carbonyl (C=O) groups excluding carboxylic acids is 2. The summed E-state index contributed by atoms with van der Waals surface area (Å²) in [6.07, 6.45) is 6.55. The minimum absolute atomic E-state index is 0.0218. The Kier molecular flexibility index (Phi) is 11.7. The number of amides is 1. The van der Waals surface area contributed by atoms with Gasteiger partial charge in [-0.25, -0.2) is 0 Å². The number of hydrogen-bond acceptors (Lipinski definition) is 5. The molecule has 1 saturated carbocycles. The number of Topliss-reactive ketones (excluding diaryl/α,β-unsaturated/α-hetero) is 1. The maximum absolute atomic E-state index is 11.7. The van der Waals surface area contributed by atoms with Crippen molar-refractivity contribution in [3.05, 3.63) is 0 Å². The minimum Gasteiger partial charge on any atom is -0.381 e. The fourth-order valence-electron chi connectivity index (χ4n) is 2.83. The summed E-state index contributed by atoms with van der Waals surface area (Å²) < 4.78 is 16.5. The molecule has 6 nitrogen and oxygen atoms in total. The fraction of sp³-hybridized carbons (Fsp3) is 0.895. The third kappa shape index (κ3) is 10.6. The van der Waals surface area contributed by atoms with E-state index in [1.54, 1.807) is 7.11 Å². The second kappa shape index (κ2) is 13.3. The molecule has 146 valence electrons. The highest BCUT2D eigenvalue weighted by molar-refractivity contribution is 5.80. The van der Waals surface area contributed by atoms with Crippen LogP contribution in [0.4, 0.5) is 0 Å². The van der Waals surface area contributed by atoms with E-state index >= 15 is 0 Å². The zero-order valence-electron chi connectivity index (χ0n) is 16.1. The van der Waals surface area contributed by atoms with Crippen LogP contribution in [-0.2, 0) is 23.8 Å². The molecule has 1 aliphatic rings. The highest BCUT2D eigenvalue weighted by atomic mass is 16.5. The van der Waals surface area contributed by atoms with Crippen molar-refractivity contribution in [2.75, 3.05) is 33.5 Å². The van der Waals surface area contributed by atoms with Gasteiger partial charge in [0, 0.05) is 39.0 Å². The fourth-order valence-corrected chi connectivity index (χ4v) is 2.83. The first-order chi connectivity index (χ1) is 12.0. The molecule has 0 heterocycles. The van der Waals surface area contributed by atoms with Gasteiger partial charge >= 0.3 is 0 Å². The van der Waals surface area contributed by atoms with Gasteiger partial charge in [-0.15, -0.1) is 0 Å². The van der Waals surface area contributed by atoms with E-state index in [4.69, 9.17) is 14.2 Å². The molecule has 0 atom stereocenters. The first-order valence-corrected chi connectivity index (χ1v) is 9.54. The van der Waals surface area contributed by atoms with Crippen LogP contribution in [-0.4, -0.2) is 57.4 Å². The van der Waals surface area contributed by atoms with Crippen LogP contribution in [0.2, 0.25) is 0 Å². The lowest BCUT2D eigenvalue weighted by atomic mass is 9.95. The van der Waals surface area contributed by atoms with Gasteiger partial charge in [0.15, 0.2) is 0 Å². The van der Waals surface area contributed by atoms with Crippen LogP contribution >= 0.6 is 0 Å². The summed E-state index contributed by atoms with van der Waals surface area (Å²) in [5, 5.41) is 2.82. The molecule has 1 aliphatic carbocycles. The van der Waals surface area contributed by atoms with Gasteiger partial charge in [0.25, 0.3) is 0 Å². The quantitative estimate of drug-likeness (QED) is 0.513. The lowest BCUT2D eigenvalue weighted by Gasteiger charge is -2.27. The van der Waals surface area contributed by atoms with Gasteiger partial charge in [0.1, 0.15) is 5.78 Å². The Morgan fingerprint density at radius 3 is 2.32 bits per heavy atom. The van der Waals surface area contributed by atoms with E-state index in [2.05, 4.69) is 5.32 Å². The number of hydrogen-bond donors (Lipinski definition) is 1. The Morgan fingerprint density at radius 2 is 1.68 bits per heavy atom. The SMILES string of the molecule is CO[C@H]1CC[C@@H](OCCCC(=O)NCCOCCC(=O)C(C)C)CC1. The summed E-state index contributed by atoms with van der Waals surface area (Å²) in [5.74, 6) is 0.286. The lowest BCUT2D eigenvalue weighted by Crippen LogP contribution is -2.28. The molecule has 0 saturated heterocycles. The number of methoxy groups -OCH3 is 1. The van der Waals surface area contributed by atoms with E-state index in [0.717, 1.165) is 32.1 Å². The Morgan fingerprint density at radius 1 is 1.00 bits per heavy atom. The summed E-state index contributed by atoms with van der Waals surface area (Å²) >= 11 is 0. The van der Waals surface area contributed by atoms with Gasteiger partial charge in [-0.3, -0.25) is 9.59 Å². The van der Waals surface area contributed by atoms with Gasteiger partial charge in [-0.05, 0) is 32.1 Å². The predicted octanol–water partition coefficient (Wildman–Crippen LogP) is 2.49. The van der Waals surface area contributed by atoms with Crippen LogP contribution in [0.1, 0.15) is 58.8 Å². The van der Waals surface area contributed by atoms with E-state index in [1.165, 1.54) is 0 Å². The normalized spacial score (nSPS) is 20.6. The van der Waals surface area contributed by atoms with Gasteiger partial charge in [-0.2, -0.15) is 0 Å². The average molecular weight is 357 g/mol. The van der Waals surface area contributed by atoms with E-state index in [0.29, 0.717) is 51.4 Å². The van der Waals surface area contributed by atoms with Crippen molar-refractivity contribution in [3.8, 4) is 0 Å². The van der Waals surface area contributed by atoms with E-state index in [1.807, 2.05) is 13.8 Å². The predicted molar refractivity (Wildman–Crippen MR) is 96.5 cm³/mol. The van der Waals surface area contributed by atoms with Crippen molar-refractivity contribution in [3.63, 3.8) is 0 Å². The molecule has 1 fully saturated rings. The maximum Gasteiger partial charge on any atom is 0.220 e. The third-order valence-corrected chi connectivity index (χ3v) is 4.56. The zero-order chi connectivity index (χ0) is 18.5. The van der Waals surface area contributed by atoms with E-state index in [-0.39, 0.29) is 17.6 Å². The van der Waals surface area contributed by atoms with Crippen molar-refractivity contribution in [2.45, 2.75) is 71.0 Å². The minimum atomic E-state index is 0.0218. The first kappa shape index (κ1) is 22.1. The Hall–Kier alpha value is -0.980. The highest BCUT2D eigenvalue weighted by Crippen LogP contribution is 2.23. The number of ketones is 1. The van der Waals surface area contributed by atoms with Crippen LogP contribution in [0.15, 0.2) is 0 Å². The van der Waals surface area contributed by atoms with Crippen LogP contribution in [0.5, 0.6) is 0 Å². The largest absolute Gasteiger partial charge is 0.381 e. The molecule has 1 amide bonds. The molecule has 1 rings (SSSR count). The maximum atomic E-state index is 11.7. The standard InChI is InChI=1S/C19H35NO5/c1-15(2)18(21)10-13-24-14-11-20-19(22)5-4-12-25-17-8-6-16(23-3)7-9-17/h15-17H,4-14H2,1-3H3,(H,20,22)/t16-,17+. The molecule has 0 radical (unpaired) electrons. The molecule has 0 unspecified atom stereocenters. The van der Waals surface area contributed by atoms with Crippen molar-refractivity contribution in [2.24, 2.45) is 5.92 Å². The van der Waals surface area contributed by atoms with Gasteiger partial charge in [0.2, 0.25) is 5.91 Å². The van der Waals surface area contributed by atoms with Crippen LogP contribution < -0.4 is 5.32 Å². The first-order valence-electron chi connectivity index (χ1n) is 9.54. The molecule has 0 aromatic carbocycles. The molecule has 0 bridgehead atoms. The van der Waals surface area contributed by atoms with Gasteiger partial charge in [-0.1, -0.05) is 13.8 Å². The molecular formula is C19H35NO5. The van der Waals surface area contributed by atoms with Crippen LogP contribution in [0, 0.1) is 5.92 Å². The number of rotatable bonds is 13. The topological polar surface area (TPSA) is 73.9 Å².